The molecule has 2 rings (SSSR count). The van der Waals surface area contributed by atoms with E-state index in [1.807, 2.05) is 0 Å². The van der Waals surface area contributed by atoms with Crippen LogP contribution in [0.3, 0.4) is 0 Å². The van der Waals surface area contributed by atoms with Crippen molar-refractivity contribution in [3.05, 3.63) is 35.6 Å². The van der Waals surface area contributed by atoms with Gasteiger partial charge in [-0.2, -0.15) is 0 Å². The fourth-order valence-corrected chi connectivity index (χ4v) is 2.49. The second kappa shape index (κ2) is 8.36. The summed E-state index contributed by atoms with van der Waals surface area (Å²) >= 11 is 0. The van der Waals surface area contributed by atoms with Gasteiger partial charge in [-0.15, -0.1) is 0 Å². The van der Waals surface area contributed by atoms with Gasteiger partial charge in [0.05, 0.1) is 6.61 Å². The van der Waals surface area contributed by atoms with E-state index in [9.17, 15) is 14.0 Å². The minimum Gasteiger partial charge on any atom is -0.450 e. The fourth-order valence-electron chi connectivity index (χ4n) is 2.49. The second-order valence-electron chi connectivity index (χ2n) is 5.42. The van der Waals surface area contributed by atoms with Gasteiger partial charge in [0, 0.05) is 25.7 Å². The van der Waals surface area contributed by atoms with Gasteiger partial charge in [0.15, 0.2) is 0 Å². The first-order chi connectivity index (χ1) is 11.1. The van der Waals surface area contributed by atoms with Crippen molar-refractivity contribution in [1.29, 1.82) is 0 Å². The number of nitrogens with zero attached hydrogens (tertiary/aromatic N) is 1. The van der Waals surface area contributed by atoms with E-state index in [0.717, 1.165) is 0 Å². The van der Waals surface area contributed by atoms with Crippen LogP contribution in [0.4, 0.5) is 14.0 Å². The largest absolute Gasteiger partial charge is 0.450 e. The molecule has 1 fully saturated rings. The summed E-state index contributed by atoms with van der Waals surface area (Å²) in [7, 11) is 0. The number of halogens is 1. The van der Waals surface area contributed by atoms with Gasteiger partial charge in [0.25, 0.3) is 0 Å². The van der Waals surface area contributed by atoms with Crippen LogP contribution < -0.4 is 10.6 Å². The van der Waals surface area contributed by atoms with E-state index < -0.39 is 0 Å². The Bertz CT molecular complexity index is 545. The highest BCUT2D eigenvalue weighted by molar-refractivity contribution is 5.74. The number of urea groups is 1. The number of hydrogen-bond donors (Lipinski definition) is 2. The van der Waals surface area contributed by atoms with E-state index in [4.69, 9.17) is 4.74 Å². The van der Waals surface area contributed by atoms with E-state index in [0.29, 0.717) is 38.1 Å². The van der Waals surface area contributed by atoms with Gasteiger partial charge in [0.1, 0.15) is 5.82 Å². The number of amides is 3. The lowest BCUT2D eigenvalue weighted by Gasteiger charge is -2.31. The summed E-state index contributed by atoms with van der Waals surface area (Å²) in [5, 5.41) is 5.58. The van der Waals surface area contributed by atoms with Crippen LogP contribution in [-0.4, -0.2) is 42.8 Å². The van der Waals surface area contributed by atoms with Crippen molar-refractivity contribution < 1.29 is 18.7 Å². The van der Waals surface area contributed by atoms with Crippen LogP contribution in [0, 0.1) is 5.82 Å². The molecule has 1 aliphatic rings. The van der Waals surface area contributed by atoms with Crippen LogP contribution >= 0.6 is 0 Å². The Hall–Kier alpha value is -2.31. The lowest BCUT2D eigenvalue weighted by Crippen LogP contribution is -2.49. The van der Waals surface area contributed by atoms with Crippen LogP contribution in [-0.2, 0) is 11.3 Å². The molecule has 1 saturated heterocycles. The number of nitrogens with one attached hydrogen (secondary N) is 2. The van der Waals surface area contributed by atoms with Crippen molar-refractivity contribution in [2.45, 2.75) is 32.4 Å². The molecule has 0 aromatic heterocycles. The van der Waals surface area contributed by atoms with Crippen LogP contribution in [0.25, 0.3) is 0 Å². The molecular formula is C16H22FN3O3. The zero-order valence-corrected chi connectivity index (χ0v) is 13.2. The third kappa shape index (κ3) is 5.43. The minimum atomic E-state index is -0.323. The molecule has 0 saturated carbocycles. The molecule has 3 amide bonds. The Morgan fingerprint density at radius 3 is 2.74 bits per heavy atom. The normalized spacial score (nSPS) is 15.1. The van der Waals surface area contributed by atoms with Crippen molar-refractivity contribution in [2.75, 3.05) is 19.7 Å². The topological polar surface area (TPSA) is 70.7 Å². The number of carbonyl (C=O) groups excluding carboxylic acids is 2. The van der Waals surface area contributed by atoms with Gasteiger partial charge in [-0.05, 0) is 37.5 Å². The standard InChI is InChI=1S/C16H22FN3O3/c1-2-23-16(22)20-8-6-14(7-9-20)19-15(21)18-11-12-4-3-5-13(17)10-12/h3-5,10,14H,2,6-9,11H2,1H3,(H2,18,19,21). The van der Waals surface area contributed by atoms with Crippen LogP contribution in [0.15, 0.2) is 24.3 Å². The molecule has 1 aromatic rings. The molecule has 7 heteroatoms. The van der Waals surface area contributed by atoms with Crippen molar-refractivity contribution in [3.8, 4) is 0 Å². The quantitative estimate of drug-likeness (QED) is 0.893. The van der Waals surface area contributed by atoms with Crippen molar-refractivity contribution in [3.63, 3.8) is 0 Å². The number of benzene rings is 1. The highest BCUT2D eigenvalue weighted by Crippen LogP contribution is 2.11. The summed E-state index contributed by atoms with van der Waals surface area (Å²) in [5.74, 6) is -0.323. The SMILES string of the molecule is CCOC(=O)N1CCC(NC(=O)NCc2cccc(F)c2)CC1. The molecule has 1 aromatic carbocycles. The number of ether oxygens (including phenoxy) is 1. The monoisotopic (exact) mass is 323 g/mol. The third-order valence-electron chi connectivity index (χ3n) is 3.70. The highest BCUT2D eigenvalue weighted by Gasteiger charge is 2.24. The van der Waals surface area contributed by atoms with E-state index in [1.165, 1.54) is 12.1 Å². The number of piperidine rings is 1. The van der Waals surface area contributed by atoms with Crippen molar-refractivity contribution in [2.24, 2.45) is 0 Å². The van der Waals surface area contributed by atoms with E-state index in [-0.39, 0.29) is 30.5 Å². The Morgan fingerprint density at radius 1 is 1.35 bits per heavy atom. The molecule has 0 bridgehead atoms. The van der Waals surface area contributed by atoms with Crippen LogP contribution in [0.2, 0.25) is 0 Å². The van der Waals surface area contributed by atoms with Crippen LogP contribution in [0.5, 0.6) is 0 Å². The zero-order chi connectivity index (χ0) is 16.7. The molecule has 0 atom stereocenters. The smallest absolute Gasteiger partial charge is 0.409 e. The molecule has 1 heterocycles. The summed E-state index contributed by atoms with van der Waals surface area (Å²) in [6.07, 6.45) is 1.07. The molecule has 1 aliphatic heterocycles. The lowest BCUT2D eigenvalue weighted by molar-refractivity contribution is 0.0957. The van der Waals surface area contributed by atoms with Gasteiger partial charge in [-0.1, -0.05) is 12.1 Å². The predicted molar refractivity (Wildman–Crippen MR) is 83.4 cm³/mol. The summed E-state index contributed by atoms with van der Waals surface area (Å²) in [4.78, 5) is 25.1. The average molecular weight is 323 g/mol. The van der Waals surface area contributed by atoms with Crippen molar-refractivity contribution in [1.82, 2.24) is 15.5 Å². The summed E-state index contributed by atoms with van der Waals surface area (Å²) in [6, 6.07) is 5.84. The number of rotatable bonds is 4. The van der Waals surface area contributed by atoms with Gasteiger partial charge in [-0.25, -0.2) is 14.0 Å². The lowest BCUT2D eigenvalue weighted by atomic mass is 10.1. The predicted octanol–water partition coefficient (Wildman–Crippen LogP) is 2.25. The Morgan fingerprint density at radius 2 is 2.09 bits per heavy atom. The van der Waals surface area contributed by atoms with Crippen molar-refractivity contribution >= 4 is 12.1 Å². The number of likely N-dealkylation sites (tertiary alicyclic amines) is 1. The first-order valence-corrected chi connectivity index (χ1v) is 7.79. The molecule has 126 valence electrons. The summed E-state index contributed by atoms with van der Waals surface area (Å²) < 4.78 is 18.0. The molecule has 0 radical (unpaired) electrons. The molecule has 6 nitrogen and oxygen atoms in total. The third-order valence-corrected chi connectivity index (χ3v) is 3.70. The zero-order valence-electron chi connectivity index (χ0n) is 13.2. The molecule has 23 heavy (non-hydrogen) atoms. The number of carbonyl (C=O) groups is 2. The van der Waals surface area contributed by atoms with Gasteiger partial charge < -0.3 is 20.3 Å². The fraction of sp³-hybridized carbons (Fsp3) is 0.500. The maximum Gasteiger partial charge on any atom is 0.409 e. The van der Waals surface area contributed by atoms with E-state index >= 15 is 0 Å². The minimum absolute atomic E-state index is 0.0215. The Kier molecular flexibility index (Phi) is 6.19. The summed E-state index contributed by atoms with van der Waals surface area (Å²) in [5.41, 5.74) is 0.706. The van der Waals surface area contributed by atoms with Gasteiger partial charge >= 0.3 is 12.1 Å². The Labute approximate surface area is 135 Å². The maximum absolute atomic E-state index is 13.1. The first kappa shape index (κ1) is 17.1. The Balaban J connectivity index is 1.69. The molecule has 0 unspecified atom stereocenters. The van der Waals surface area contributed by atoms with E-state index in [2.05, 4.69) is 10.6 Å². The molecule has 2 N–H and O–H groups in total. The molecule has 0 spiro atoms. The molecule has 0 aliphatic carbocycles. The maximum atomic E-state index is 13.1. The van der Waals surface area contributed by atoms with Crippen LogP contribution in [0.1, 0.15) is 25.3 Å². The first-order valence-electron chi connectivity index (χ1n) is 7.79. The second-order valence-corrected chi connectivity index (χ2v) is 5.42. The van der Waals surface area contributed by atoms with Gasteiger partial charge in [-0.3, -0.25) is 0 Å². The summed E-state index contributed by atoms with van der Waals surface area (Å²) in [6.45, 7) is 3.53. The van der Waals surface area contributed by atoms with E-state index in [1.54, 1.807) is 24.0 Å². The average Bonchev–Trinajstić information content (AvgIpc) is 2.54. The highest BCUT2D eigenvalue weighted by atomic mass is 19.1. The van der Waals surface area contributed by atoms with Gasteiger partial charge in [0.2, 0.25) is 0 Å². The molecular weight excluding hydrogens is 301 g/mol. The number of hydrogen-bond acceptors (Lipinski definition) is 3.